The van der Waals surface area contributed by atoms with Crippen LogP contribution in [0, 0.1) is 11.3 Å². The molecule has 1 rings (SSSR count). The Morgan fingerprint density at radius 2 is 2.05 bits per heavy atom. The van der Waals surface area contributed by atoms with Crippen molar-refractivity contribution < 1.29 is 0 Å². The first-order chi connectivity index (χ1) is 9.06. The van der Waals surface area contributed by atoms with E-state index in [0.717, 1.165) is 18.5 Å². The fourth-order valence-corrected chi connectivity index (χ4v) is 3.79. The maximum absolute atomic E-state index is 3.64. The average molecular weight is 268 g/mol. The van der Waals surface area contributed by atoms with Gasteiger partial charge in [-0.2, -0.15) is 0 Å². The van der Waals surface area contributed by atoms with Crippen molar-refractivity contribution >= 4 is 0 Å². The Labute approximate surface area is 121 Å². The van der Waals surface area contributed by atoms with E-state index in [4.69, 9.17) is 0 Å². The third-order valence-corrected chi connectivity index (χ3v) is 5.09. The van der Waals surface area contributed by atoms with Crippen molar-refractivity contribution in [2.45, 2.75) is 72.8 Å². The van der Waals surface area contributed by atoms with Gasteiger partial charge in [0, 0.05) is 19.1 Å². The van der Waals surface area contributed by atoms with E-state index < -0.39 is 0 Å². The molecule has 0 aromatic carbocycles. The molecule has 1 aliphatic rings. The van der Waals surface area contributed by atoms with Crippen LogP contribution in [0.15, 0.2) is 0 Å². The van der Waals surface area contributed by atoms with Gasteiger partial charge in [-0.25, -0.2) is 0 Å². The summed E-state index contributed by atoms with van der Waals surface area (Å²) >= 11 is 0. The van der Waals surface area contributed by atoms with E-state index >= 15 is 0 Å². The van der Waals surface area contributed by atoms with Crippen molar-refractivity contribution in [3.8, 4) is 0 Å². The molecule has 0 bridgehead atoms. The van der Waals surface area contributed by atoms with Crippen LogP contribution in [-0.4, -0.2) is 37.1 Å². The van der Waals surface area contributed by atoms with E-state index in [9.17, 15) is 0 Å². The summed E-state index contributed by atoms with van der Waals surface area (Å²) in [5, 5.41) is 3.64. The molecule has 3 unspecified atom stereocenters. The zero-order valence-electron chi connectivity index (χ0n) is 14.0. The predicted octanol–water partition coefficient (Wildman–Crippen LogP) is 3.91. The third-order valence-electron chi connectivity index (χ3n) is 5.09. The normalized spacial score (nSPS) is 29.7. The maximum atomic E-state index is 3.64. The van der Waals surface area contributed by atoms with Gasteiger partial charge in [0.25, 0.3) is 0 Å². The lowest BCUT2D eigenvalue weighted by Gasteiger charge is -2.45. The second-order valence-electron chi connectivity index (χ2n) is 6.80. The van der Waals surface area contributed by atoms with E-state index in [1.165, 1.54) is 51.7 Å². The summed E-state index contributed by atoms with van der Waals surface area (Å²) in [6.07, 6.45) is 6.94. The summed E-state index contributed by atoms with van der Waals surface area (Å²) in [7, 11) is 0. The van der Waals surface area contributed by atoms with Gasteiger partial charge in [0.2, 0.25) is 0 Å². The highest BCUT2D eigenvalue weighted by atomic mass is 15.2. The van der Waals surface area contributed by atoms with E-state index in [1.807, 2.05) is 0 Å². The lowest BCUT2D eigenvalue weighted by molar-refractivity contribution is 0.0636. The van der Waals surface area contributed by atoms with Gasteiger partial charge in [0.05, 0.1) is 0 Å². The Bertz CT molecular complexity index is 241. The largest absolute Gasteiger partial charge is 0.316 e. The van der Waals surface area contributed by atoms with Crippen molar-refractivity contribution in [2.24, 2.45) is 11.3 Å². The van der Waals surface area contributed by atoms with Gasteiger partial charge in [0.15, 0.2) is 0 Å². The Hall–Kier alpha value is -0.0800. The van der Waals surface area contributed by atoms with E-state index in [1.54, 1.807) is 0 Å². The molecular weight excluding hydrogens is 232 g/mol. The Kier molecular flexibility index (Phi) is 7.38. The fraction of sp³-hybridized carbons (Fsp3) is 1.00. The van der Waals surface area contributed by atoms with Crippen molar-refractivity contribution in [2.75, 3.05) is 26.2 Å². The summed E-state index contributed by atoms with van der Waals surface area (Å²) in [4.78, 5) is 2.70. The van der Waals surface area contributed by atoms with E-state index in [2.05, 4.69) is 44.8 Å². The van der Waals surface area contributed by atoms with Crippen LogP contribution in [0.3, 0.4) is 0 Å². The molecule has 0 aliphatic heterocycles. The molecule has 0 aromatic rings. The van der Waals surface area contributed by atoms with E-state index in [0.29, 0.717) is 5.41 Å². The molecule has 0 saturated heterocycles. The van der Waals surface area contributed by atoms with Gasteiger partial charge in [-0.1, -0.05) is 40.5 Å². The van der Waals surface area contributed by atoms with Crippen LogP contribution in [-0.2, 0) is 0 Å². The molecular formula is C17H36N2. The summed E-state index contributed by atoms with van der Waals surface area (Å²) < 4.78 is 0. The molecule has 0 heterocycles. The van der Waals surface area contributed by atoms with Crippen molar-refractivity contribution in [3.05, 3.63) is 0 Å². The summed E-state index contributed by atoms with van der Waals surface area (Å²) in [5.74, 6) is 0.906. The minimum atomic E-state index is 0.521. The zero-order chi connectivity index (χ0) is 14.3. The van der Waals surface area contributed by atoms with Gasteiger partial charge in [-0.15, -0.1) is 0 Å². The maximum Gasteiger partial charge on any atom is 0.00644 e. The molecule has 0 radical (unpaired) electrons. The number of hydrogen-bond acceptors (Lipinski definition) is 2. The quantitative estimate of drug-likeness (QED) is 0.718. The van der Waals surface area contributed by atoms with Crippen LogP contribution in [0.25, 0.3) is 0 Å². The zero-order valence-corrected chi connectivity index (χ0v) is 14.0. The first kappa shape index (κ1) is 17.0. The predicted molar refractivity (Wildman–Crippen MR) is 85.6 cm³/mol. The van der Waals surface area contributed by atoms with Crippen LogP contribution in [0.4, 0.5) is 0 Å². The van der Waals surface area contributed by atoms with Gasteiger partial charge >= 0.3 is 0 Å². The summed E-state index contributed by atoms with van der Waals surface area (Å²) in [5.41, 5.74) is 0.521. The minimum Gasteiger partial charge on any atom is -0.316 e. The van der Waals surface area contributed by atoms with Gasteiger partial charge < -0.3 is 10.2 Å². The molecule has 2 heteroatoms. The third kappa shape index (κ3) is 5.07. The number of nitrogens with zero attached hydrogens (tertiary/aromatic N) is 1. The first-order valence-corrected chi connectivity index (χ1v) is 8.51. The standard InChI is InChI=1S/C17H36N2/c1-6-16(5)19(8-3)14-17(13-18-7-2)11-9-10-15(4)12-17/h15-16,18H,6-14H2,1-5H3. The summed E-state index contributed by atoms with van der Waals surface area (Å²) in [6.45, 7) is 16.5. The van der Waals surface area contributed by atoms with Crippen LogP contribution in [0.2, 0.25) is 0 Å². The second kappa shape index (κ2) is 8.26. The first-order valence-electron chi connectivity index (χ1n) is 8.51. The molecule has 19 heavy (non-hydrogen) atoms. The highest BCUT2D eigenvalue weighted by Crippen LogP contribution is 2.40. The summed E-state index contributed by atoms with van der Waals surface area (Å²) in [6, 6.07) is 0.723. The van der Waals surface area contributed by atoms with Crippen molar-refractivity contribution in [3.63, 3.8) is 0 Å². The highest BCUT2D eigenvalue weighted by molar-refractivity contribution is 4.90. The van der Waals surface area contributed by atoms with Crippen LogP contribution in [0.5, 0.6) is 0 Å². The second-order valence-corrected chi connectivity index (χ2v) is 6.80. The van der Waals surface area contributed by atoms with Crippen LogP contribution < -0.4 is 5.32 Å². The van der Waals surface area contributed by atoms with Crippen molar-refractivity contribution in [1.29, 1.82) is 0 Å². The number of rotatable bonds is 8. The Balaban J connectivity index is 2.71. The molecule has 114 valence electrons. The highest BCUT2D eigenvalue weighted by Gasteiger charge is 2.36. The Morgan fingerprint density at radius 3 is 2.58 bits per heavy atom. The van der Waals surface area contributed by atoms with Crippen LogP contribution in [0.1, 0.15) is 66.7 Å². The van der Waals surface area contributed by atoms with Gasteiger partial charge in [-0.3, -0.25) is 0 Å². The minimum absolute atomic E-state index is 0.521. The SMILES string of the molecule is CCNCC1(CN(CC)C(C)CC)CCCC(C)C1. The lowest BCUT2D eigenvalue weighted by atomic mass is 9.69. The molecule has 1 fully saturated rings. The molecule has 0 amide bonds. The molecule has 2 nitrogen and oxygen atoms in total. The monoisotopic (exact) mass is 268 g/mol. The average Bonchev–Trinajstić information content (AvgIpc) is 2.42. The molecule has 0 spiro atoms. The van der Waals surface area contributed by atoms with Crippen molar-refractivity contribution in [1.82, 2.24) is 10.2 Å². The van der Waals surface area contributed by atoms with Crippen LogP contribution >= 0.6 is 0 Å². The molecule has 1 aliphatic carbocycles. The van der Waals surface area contributed by atoms with E-state index in [-0.39, 0.29) is 0 Å². The topological polar surface area (TPSA) is 15.3 Å². The molecule has 1 saturated carbocycles. The molecule has 3 atom stereocenters. The lowest BCUT2D eigenvalue weighted by Crippen LogP contribution is -2.48. The molecule has 0 aromatic heterocycles. The Morgan fingerprint density at radius 1 is 1.32 bits per heavy atom. The number of nitrogens with one attached hydrogen (secondary N) is 1. The molecule has 1 N–H and O–H groups in total. The van der Waals surface area contributed by atoms with Gasteiger partial charge in [0.1, 0.15) is 0 Å². The fourth-order valence-electron chi connectivity index (χ4n) is 3.79. The smallest absolute Gasteiger partial charge is 0.00644 e. The van der Waals surface area contributed by atoms with Gasteiger partial charge in [-0.05, 0) is 50.6 Å². The number of hydrogen-bond donors (Lipinski definition) is 1.